The van der Waals surface area contributed by atoms with E-state index < -0.39 is 0 Å². The van der Waals surface area contributed by atoms with E-state index in [2.05, 4.69) is 65.3 Å². The second-order valence-corrected chi connectivity index (χ2v) is 5.55. The minimum atomic E-state index is 0.694. The summed E-state index contributed by atoms with van der Waals surface area (Å²) >= 11 is 3.54. The van der Waals surface area contributed by atoms with E-state index in [-0.39, 0.29) is 0 Å². The van der Waals surface area contributed by atoms with E-state index in [1.165, 1.54) is 30.4 Å². The number of allylic oxidation sites excluding steroid dienone is 1. The molecule has 1 aliphatic carbocycles. The van der Waals surface area contributed by atoms with Gasteiger partial charge in [-0.1, -0.05) is 34.1 Å². The molecule has 1 atom stereocenters. The van der Waals surface area contributed by atoms with Crippen LogP contribution in [0.25, 0.3) is 5.57 Å². The molecule has 0 saturated carbocycles. The first kappa shape index (κ1) is 11.9. The topological polar surface area (TPSA) is 3.24 Å². The molecule has 0 heterocycles. The maximum Gasteiger partial charge on any atom is 0.0181 e. The Kier molecular flexibility index (Phi) is 3.82. The van der Waals surface area contributed by atoms with E-state index in [1.54, 1.807) is 0 Å². The van der Waals surface area contributed by atoms with Gasteiger partial charge in [-0.15, -0.1) is 0 Å². The van der Waals surface area contributed by atoms with Gasteiger partial charge in [0, 0.05) is 10.5 Å². The van der Waals surface area contributed by atoms with Crippen molar-refractivity contribution >= 4 is 21.5 Å². The average Bonchev–Trinajstić information content (AvgIpc) is 2.29. The second kappa shape index (κ2) is 5.15. The number of hydrogen-bond acceptors (Lipinski definition) is 1. The molecule has 0 saturated heterocycles. The van der Waals surface area contributed by atoms with Gasteiger partial charge in [-0.05, 0) is 56.6 Å². The van der Waals surface area contributed by atoms with Crippen LogP contribution in [0.5, 0.6) is 0 Å². The minimum absolute atomic E-state index is 0.694. The summed E-state index contributed by atoms with van der Waals surface area (Å²) in [5.41, 5.74) is 2.85. The van der Waals surface area contributed by atoms with Crippen molar-refractivity contribution in [2.75, 3.05) is 14.1 Å². The van der Waals surface area contributed by atoms with Gasteiger partial charge in [0.25, 0.3) is 0 Å². The number of halogens is 1. The highest BCUT2D eigenvalue weighted by Gasteiger charge is 2.17. The molecule has 2 heteroatoms. The summed E-state index contributed by atoms with van der Waals surface area (Å²) < 4.78 is 1.16. The van der Waals surface area contributed by atoms with Crippen LogP contribution in [-0.2, 0) is 0 Å². The minimum Gasteiger partial charge on any atom is -0.306 e. The van der Waals surface area contributed by atoms with E-state index in [1.807, 2.05) is 0 Å². The van der Waals surface area contributed by atoms with Crippen molar-refractivity contribution in [2.45, 2.75) is 25.3 Å². The molecular formula is C14H18BrN. The number of rotatable bonds is 2. The monoisotopic (exact) mass is 279 g/mol. The standard InChI is InChI=1S/C14H18BrN/c1-16(2)14-8-4-6-12(10-14)11-5-3-7-13(15)9-11/h3,5-7,9,14H,4,8,10H2,1-2H3. The third kappa shape index (κ3) is 2.74. The van der Waals surface area contributed by atoms with Crippen molar-refractivity contribution in [3.05, 3.63) is 40.4 Å². The second-order valence-electron chi connectivity index (χ2n) is 4.64. The van der Waals surface area contributed by atoms with Crippen LogP contribution in [0.1, 0.15) is 24.8 Å². The van der Waals surface area contributed by atoms with Crippen LogP contribution in [0.15, 0.2) is 34.8 Å². The zero-order valence-electron chi connectivity index (χ0n) is 9.91. The Hall–Kier alpha value is -0.600. The first-order valence-corrected chi connectivity index (χ1v) is 6.57. The molecule has 0 bridgehead atoms. The molecule has 0 fully saturated rings. The molecule has 86 valence electrons. The highest BCUT2D eigenvalue weighted by molar-refractivity contribution is 9.10. The third-order valence-corrected chi connectivity index (χ3v) is 3.77. The fraction of sp³-hybridized carbons (Fsp3) is 0.429. The average molecular weight is 280 g/mol. The molecule has 0 N–H and O–H groups in total. The van der Waals surface area contributed by atoms with Gasteiger partial charge in [0.15, 0.2) is 0 Å². The normalized spacial score (nSPS) is 21.0. The van der Waals surface area contributed by atoms with Crippen molar-refractivity contribution in [1.82, 2.24) is 4.90 Å². The number of benzene rings is 1. The van der Waals surface area contributed by atoms with Crippen LogP contribution < -0.4 is 0 Å². The Labute approximate surface area is 106 Å². The lowest BCUT2D eigenvalue weighted by Gasteiger charge is -2.28. The first-order valence-electron chi connectivity index (χ1n) is 5.78. The molecular weight excluding hydrogens is 262 g/mol. The quantitative estimate of drug-likeness (QED) is 0.793. The van der Waals surface area contributed by atoms with Crippen molar-refractivity contribution < 1.29 is 0 Å². The number of hydrogen-bond donors (Lipinski definition) is 0. The molecule has 1 nitrogen and oxygen atoms in total. The van der Waals surface area contributed by atoms with Crippen molar-refractivity contribution in [3.63, 3.8) is 0 Å². The Balaban J connectivity index is 2.19. The zero-order valence-corrected chi connectivity index (χ0v) is 11.5. The van der Waals surface area contributed by atoms with Crippen LogP contribution in [-0.4, -0.2) is 25.0 Å². The van der Waals surface area contributed by atoms with Gasteiger partial charge in [0.2, 0.25) is 0 Å². The highest BCUT2D eigenvalue weighted by atomic mass is 79.9. The Morgan fingerprint density at radius 3 is 2.81 bits per heavy atom. The predicted molar refractivity (Wildman–Crippen MR) is 73.4 cm³/mol. The first-order chi connectivity index (χ1) is 7.66. The summed E-state index contributed by atoms with van der Waals surface area (Å²) in [6.07, 6.45) is 6.04. The summed E-state index contributed by atoms with van der Waals surface area (Å²) in [5, 5.41) is 0. The molecule has 1 aromatic rings. The van der Waals surface area contributed by atoms with Crippen molar-refractivity contribution in [3.8, 4) is 0 Å². The maximum absolute atomic E-state index is 3.54. The molecule has 0 amide bonds. The van der Waals surface area contributed by atoms with E-state index >= 15 is 0 Å². The Bertz CT molecular complexity index is 395. The van der Waals surface area contributed by atoms with E-state index in [9.17, 15) is 0 Å². The lowest BCUT2D eigenvalue weighted by Crippen LogP contribution is -2.29. The summed E-state index contributed by atoms with van der Waals surface area (Å²) in [6.45, 7) is 0. The Morgan fingerprint density at radius 2 is 2.12 bits per heavy atom. The molecule has 1 aliphatic rings. The summed E-state index contributed by atoms with van der Waals surface area (Å²) in [4.78, 5) is 2.34. The smallest absolute Gasteiger partial charge is 0.0181 e. The molecule has 2 rings (SSSR count). The Morgan fingerprint density at radius 1 is 1.31 bits per heavy atom. The number of nitrogens with zero attached hydrogens (tertiary/aromatic N) is 1. The fourth-order valence-corrected chi connectivity index (χ4v) is 2.65. The van der Waals surface area contributed by atoms with Gasteiger partial charge in [-0.3, -0.25) is 0 Å². The van der Waals surface area contributed by atoms with Crippen LogP contribution in [0.2, 0.25) is 0 Å². The third-order valence-electron chi connectivity index (χ3n) is 3.27. The highest BCUT2D eigenvalue weighted by Crippen LogP contribution is 2.30. The van der Waals surface area contributed by atoms with Crippen LogP contribution in [0, 0.1) is 0 Å². The fourth-order valence-electron chi connectivity index (χ4n) is 2.25. The van der Waals surface area contributed by atoms with Crippen LogP contribution in [0.3, 0.4) is 0 Å². The van der Waals surface area contributed by atoms with Gasteiger partial charge in [-0.2, -0.15) is 0 Å². The lowest BCUT2D eigenvalue weighted by atomic mass is 9.90. The summed E-state index contributed by atoms with van der Waals surface area (Å²) in [7, 11) is 4.35. The van der Waals surface area contributed by atoms with Crippen LogP contribution in [0.4, 0.5) is 0 Å². The van der Waals surface area contributed by atoms with Gasteiger partial charge in [-0.25, -0.2) is 0 Å². The van der Waals surface area contributed by atoms with Gasteiger partial charge < -0.3 is 4.90 Å². The van der Waals surface area contributed by atoms with Gasteiger partial charge in [0.05, 0.1) is 0 Å². The summed E-state index contributed by atoms with van der Waals surface area (Å²) in [6, 6.07) is 9.30. The van der Waals surface area contributed by atoms with E-state index in [0.717, 1.165) is 4.47 Å². The molecule has 16 heavy (non-hydrogen) atoms. The predicted octanol–water partition coefficient (Wildman–Crippen LogP) is 3.95. The molecule has 0 aliphatic heterocycles. The van der Waals surface area contributed by atoms with Gasteiger partial charge >= 0.3 is 0 Å². The van der Waals surface area contributed by atoms with Crippen LogP contribution >= 0.6 is 15.9 Å². The summed E-state index contributed by atoms with van der Waals surface area (Å²) in [5.74, 6) is 0. The molecule has 1 aromatic carbocycles. The van der Waals surface area contributed by atoms with E-state index in [0.29, 0.717) is 6.04 Å². The SMILES string of the molecule is CN(C)C1CCC=C(c2cccc(Br)c2)C1. The molecule has 0 spiro atoms. The van der Waals surface area contributed by atoms with E-state index in [4.69, 9.17) is 0 Å². The molecule has 0 radical (unpaired) electrons. The van der Waals surface area contributed by atoms with Crippen molar-refractivity contribution in [1.29, 1.82) is 0 Å². The lowest BCUT2D eigenvalue weighted by molar-refractivity contribution is 0.279. The van der Waals surface area contributed by atoms with Gasteiger partial charge in [0.1, 0.15) is 0 Å². The zero-order chi connectivity index (χ0) is 11.5. The van der Waals surface area contributed by atoms with Crippen molar-refractivity contribution in [2.24, 2.45) is 0 Å². The maximum atomic E-state index is 3.54. The molecule has 0 aromatic heterocycles. The largest absolute Gasteiger partial charge is 0.306 e. The molecule has 1 unspecified atom stereocenters.